The summed E-state index contributed by atoms with van der Waals surface area (Å²) in [6.45, 7) is 0.143. The number of fused-ring (bicyclic) bond motifs is 1. The lowest BCUT2D eigenvalue weighted by Crippen LogP contribution is -2.23. The van der Waals surface area contributed by atoms with Crippen LogP contribution in [-0.2, 0) is 13.6 Å². The molecule has 1 aromatic carbocycles. The van der Waals surface area contributed by atoms with Crippen LogP contribution in [0.5, 0.6) is 0 Å². The van der Waals surface area contributed by atoms with Crippen LogP contribution >= 0.6 is 11.6 Å². The van der Waals surface area contributed by atoms with E-state index in [0.29, 0.717) is 28.8 Å². The maximum atomic E-state index is 13.3. The minimum Gasteiger partial charge on any atom is -0.337 e. The van der Waals surface area contributed by atoms with Gasteiger partial charge in [0.05, 0.1) is 11.3 Å². The normalized spacial score (nSPS) is 18.9. The van der Waals surface area contributed by atoms with E-state index in [-0.39, 0.29) is 23.0 Å². The predicted molar refractivity (Wildman–Crippen MR) is 102 cm³/mol. The average Bonchev–Trinajstić information content (AvgIpc) is 3.26. The van der Waals surface area contributed by atoms with Crippen LogP contribution in [0.25, 0.3) is 11.2 Å². The third-order valence-corrected chi connectivity index (χ3v) is 5.70. The Kier molecular flexibility index (Phi) is 4.20. The van der Waals surface area contributed by atoms with Crippen molar-refractivity contribution in [1.82, 2.24) is 29.2 Å². The summed E-state index contributed by atoms with van der Waals surface area (Å²) in [6.07, 6.45) is 4.65. The zero-order valence-corrected chi connectivity index (χ0v) is 16.2. The topological polar surface area (TPSA) is 91.6 Å². The molecule has 1 saturated carbocycles. The van der Waals surface area contributed by atoms with Crippen LogP contribution in [0.15, 0.2) is 40.2 Å². The molecule has 0 N–H and O–H groups in total. The molecular formula is C19H16ClFN6O2. The minimum absolute atomic E-state index is 0.136. The van der Waals surface area contributed by atoms with Crippen molar-refractivity contribution in [2.45, 2.75) is 31.2 Å². The zero-order valence-electron chi connectivity index (χ0n) is 15.4. The van der Waals surface area contributed by atoms with Crippen molar-refractivity contribution in [3.8, 4) is 0 Å². The second-order valence-electron chi connectivity index (χ2n) is 7.29. The first kappa shape index (κ1) is 18.0. The number of nitrogens with zero attached hydrogens (tertiary/aromatic N) is 6. The van der Waals surface area contributed by atoms with E-state index in [1.54, 1.807) is 30.1 Å². The fourth-order valence-corrected chi connectivity index (χ4v) is 3.88. The highest BCUT2D eigenvalue weighted by atomic mass is 35.5. The molecule has 10 heteroatoms. The number of hydrogen-bond acceptors (Lipinski definition) is 6. The molecule has 3 heterocycles. The highest BCUT2D eigenvalue weighted by Crippen LogP contribution is 2.47. The summed E-state index contributed by atoms with van der Waals surface area (Å²) >= 11 is 5.87. The Morgan fingerprint density at radius 3 is 2.83 bits per heavy atom. The summed E-state index contributed by atoms with van der Waals surface area (Å²) in [4.78, 5) is 25.3. The molecule has 29 heavy (non-hydrogen) atoms. The van der Waals surface area contributed by atoms with Gasteiger partial charge in [-0.05, 0) is 36.5 Å². The van der Waals surface area contributed by atoms with E-state index in [1.165, 1.54) is 17.0 Å². The Hall–Kier alpha value is -3.07. The molecule has 0 atom stereocenters. The SMILES string of the molecule is Cn1cnc2ncn(Cc3nc(C4CC(c5ccc(F)c(Cl)c5)C4)no3)c(=O)c21. The van der Waals surface area contributed by atoms with Crippen molar-refractivity contribution >= 4 is 22.8 Å². The number of rotatable bonds is 4. The molecule has 0 bridgehead atoms. The third-order valence-electron chi connectivity index (χ3n) is 5.41. The lowest BCUT2D eigenvalue weighted by molar-refractivity contribution is 0.315. The molecule has 0 amide bonds. The van der Waals surface area contributed by atoms with Gasteiger partial charge in [0, 0.05) is 13.0 Å². The van der Waals surface area contributed by atoms with Crippen molar-refractivity contribution in [3.05, 3.63) is 69.3 Å². The van der Waals surface area contributed by atoms with Gasteiger partial charge in [-0.15, -0.1) is 0 Å². The minimum atomic E-state index is -0.414. The Labute approximate surface area is 169 Å². The lowest BCUT2D eigenvalue weighted by Gasteiger charge is -2.33. The quantitative estimate of drug-likeness (QED) is 0.509. The molecule has 0 spiro atoms. The van der Waals surface area contributed by atoms with Gasteiger partial charge in [-0.1, -0.05) is 22.8 Å². The van der Waals surface area contributed by atoms with Gasteiger partial charge in [0.15, 0.2) is 17.0 Å². The monoisotopic (exact) mass is 414 g/mol. The Balaban J connectivity index is 1.30. The van der Waals surface area contributed by atoms with Crippen LogP contribution in [0.4, 0.5) is 4.39 Å². The lowest BCUT2D eigenvalue weighted by atomic mass is 9.71. The molecule has 0 unspecified atom stereocenters. The summed E-state index contributed by atoms with van der Waals surface area (Å²) in [5.74, 6) is 1.00. The molecule has 0 saturated heterocycles. The predicted octanol–water partition coefficient (Wildman–Crippen LogP) is 3.02. The largest absolute Gasteiger partial charge is 0.337 e. The molecule has 8 nitrogen and oxygen atoms in total. The molecule has 4 aromatic rings. The Bertz CT molecular complexity index is 1270. The number of aryl methyl sites for hydroxylation is 1. The average molecular weight is 415 g/mol. The Morgan fingerprint density at radius 2 is 2.03 bits per heavy atom. The van der Waals surface area contributed by atoms with Crippen molar-refractivity contribution in [3.63, 3.8) is 0 Å². The first-order valence-corrected chi connectivity index (χ1v) is 9.51. The highest BCUT2D eigenvalue weighted by molar-refractivity contribution is 6.30. The van der Waals surface area contributed by atoms with E-state index in [4.69, 9.17) is 16.1 Å². The van der Waals surface area contributed by atoms with Crippen LogP contribution < -0.4 is 5.56 Å². The molecule has 5 rings (SSSR count). The Morgan fingerprint density at radius 1 is 1.24 bits per heavy atom. The van der Waals surface area contributed by atoms with Crippen LogP contribution in [0.1, 0.15) is 42.0 Å². The maximum Gasteiger partial charge on any atom is 0.280 e. The summed E-state index contributed by atoms with van der Waals surface area (Å²) < 4.78 is 21.7. The van der Waals surface area contributed by atoms with Crippen LogP contribution in [-0.4, -0.2) is 29.2 Å². The van der Waals surface area contributed by atoms with E-state index in [1.807, 2.05) is 0 Å². The molecule has 1 aliphatic rings. The van der Waals surface area contributed by atoms with Crippen molar-refractivity contribution in [2.24, 2.45) is 7.05 Å². The molecule has 1 aliphatic carbocycles. The van der Waals surface area contributed by atoms with E-state index in [9.17, 15) is 9.18 Å². The van der Waals surface area contributed by atoms with Gasteiger partial charge in [-0.25, -0.2) is 14.4 Å². The summed E-state index contributed by atoms with van der Waals surface area (Å²) in [6, 6.07) is 4.83. The van der Waals surface area contributed by atoms with Crippen LogP contribution in [0.3, 0.4) is 0 Å². The molecule has 3 aromatic heterocycles. The van der Waals surface area contributed by atoms with Crippen molar-refractivity contribution < 1.29 is 8.91 Å². The first-order chi connectivity index (χ1) is 14.0. The number of halogens is 2. The first-order valence-electron chi connectivity index (χ1n) is 9.13. The second-order valence-corrected chi connectivity index (χ2v) is 7.70. The van der Waals surface area contributed by atoms with Crippen molar-refractivity contribution in [2.75, 3.05) is 0 Å². The number of aromatic nitrogens is 6. The molecule has 1 fully saturated rings. The second kappa shape index (κ2) is 6.77. The number of hydrogen-bond donors (Lipinski definition) is 0. The zero-order chi connectivity index (χ0) is 20.1. The maximum absolute atomic E-state index is 13.3. The van der Waals surface area contributed by atoms with E-state index in [0.717, 1.165) is 18.4 Å². The molecular weight excluding hydrogens is 399 g/mol. The third kappa shape index (κ3) is 3.11. The van der Waals surface area contributed by atoms with Gasteiger partial charge in [0.1, 0.15) is 18.7 Å². The van der Waals surface area contributed by atoms with Gasteiger partial charge in [-0.2, -0.15) is 4.98 Å². The van der Waals surface area contributed by atoms with E-state index >= 15 is 0 Å². The van der Waals surface area contributed by atoms with Gasteiger partial charge in [0.2, 0.25) is 5.89 Å². The molecule has 0 aliphatic heterocycles. The van der Waals surface area contributed by atoms with Crippen LogP contribution in [0, 0.1) is 5.82 Å². The van der Waals surface area contributed by atoms with Gasteiger partial charge >= 0.3 is 0 Å². The highest BCUT2D eigenvalue weighted by Gasteiger charge is 2.35. The fourth-order valence-electron chi connectivity index (χ4n) is 3.70. The molecule has 0 radical (unpaired) electrons. The smallest absolute Gasteiger partial charge is 0.280 e. The number of benzene rings is 1. The fraction of sp³-hybridized carbons (Fsp3) is 0.316. The van der Waals surface area contributed by atoms with Crippen LogP contribution in [0.2, 0.25) is 5.02 Å². The number of imidazole rings is 1. The van der Waals surface area contributed by atoms with E-state index in [2.05, 4.69) is 20.1 Å². The summed E-state index contributed by atoms with van der Waals surface area (Å²) in [5.41, 5.74) is 1.62. The molecule has 148 valence electrons. The van der Waals surface area contributed by atoms with Crippen molar-refractivity contribution in [1.29, 1.82) is 0 Å². The summed E-state index contributed by atoms with van der Waals surface area (Å²) in [7, 11) is 1.74. The standard InChI is InChI=1S/C19H16ClFN6O2/c1-26-8-22-18-16(26)19(28)27(9-23-18)7-15-24-17(25-29-15)12-4-11(5-12)10-2-3-14(21)13(20)6-10/h2-3,6,8-9,11-12H,4-5,7H2,1H3. The van der Waals surface area contributed by atoms with Gasteiger partial charge in [0.25, 0.3) is 5.56 Å². The van der Waals surface area contributed by atoms with Gasteiger partial charge in [-0.3, -0.25) is 9.36 Å². The summed E-state index contributed by atoms with van der Waals surface area (Å²) in [5, 5.41) is 4.20. The van der Waals surface area contributed by atoms with E-state index < -0.39 is 5.82 Å². The van der Waals surface area contributed by atoms with Gasteiger partial charge < -0.3 is 9.09 Å².